The molecule has 1 aromatic rings. The van der Waals surface area contributed by atoms with Crippen LogP contribution < -0.4 is 10.2 Å². The van der Waals surface area contributed by atoms with E-state index in [1.54, 1.807) is 4.90 Å². The Bertz CT molecular complexity index is 482. The number of aryl methyl sites for hydroxylation is 1. The maximum atomic E-state index is 11.8. The molecule has 0 spiro atoms. The van der Waals surface area contributed by atoms with Crippen molar-refractivity contribution in [3.63, 3.8) is 0 Å². The van der Waals surface area contributed by atoms with Gasteiger partial charge in [0.05, 0.1) is 5.92 Å². The lowest BCUT2D eigenvalue weighted by Gasteiger charge is -2.31. The third-order valence-electron chi connectivity index (χ3n) is 3.25. The Balaban J connectivity index is 2.36. The Hall–Kier alpha value is -1.84. The third-order valence-corrected chi connectivity index (χ3v) is 3.25. The molecule has 4 nitrogen and oxygen atoms in total. The first-order valence-corrected chi connectivity index (χ1v) is 5.69. The third kappa shape index (κ3) is 2.02. The highest BCUT2D eigenvalue weighted by molar-refractivity contribution is 6.06. The lowest BCUT2D eigenvalue weighted by molar-refractivity contribution is -0.123. The number of rotatable bonds is 1. The van der Waals surface area contributed by atoms with Gasteiger partial charge in [-0.15, -0.1) is 0 Å². The Kier molecular flexibility index (Phi) is 2.88. The van der Waals surface area contributed by atoms with Crippen LogP contribution in [0.3, 0.4) is 0 Å². The van der Waals surface area contributed by atoms with Crippen LogP contribution in [0.25, 0.3) is 0 Å². The molecule has 1 aromatic carbocycles. The number of hydrogen-bond donors (Lipinski definition) is 1. The van der Waals surface area contributed by atoms with E-state index in [-0.39, 0.29) is 17.9 Å². The molecule has 0 saturated carbocycles. The van der Waals surface area contributed by atoms with Crippen molar-refractivity contribution in [1.29, 1.82) is 0 Å². The Morgan fingerprint density at radius 3 is 2.71 bits per heavy atom. The van der Waals surface area contributed by atoms with E-state index >= 15 is 0 Å². The number of carbonyl (C=O) groups is 2. The topological polar surface area (TPSA) is 49.4 Å². The van der Waals surface area contributed by atoms with E-state index in [4.69, 9.17) is 0 Å². The van der Waals surface area contributed by atoms with Gasteiger partial charge < -0.3 is 0 Å². The van der Waals surface area contributed by atoms with Gasteiger partial charge in [-0.25, -0.2) is 4.79 Å². The average Bonchev–Trinajstić information content (AvgIpc) is 2.28. The molecule has 1 N–H and O–H groups in total. The van der Waals surface area contributed by atoms with Gasteiger partial charge >= 0.3 is 6.03 Å². The molecule has 2 rings (SSSR count). The van der Waals surface area contributed by atoms with E-state index in [1.165, 1.54) is 0 Å². The number of hydrogen-bond acceptors (Lipinski definition) is 2. The van der Waals surface area contributed by atoms with Crippen LogP contribution in [0.1, 0.15) is 18.1 Å². The van der Waals surface area contributed by atoms with Crippen LogP contribution in [-0.2, 0) is 4.79 Å². The average molecular weight is 232 g/mol. The first-order chi connectivity index (χ1) is 8.00. The standard InChI is InChI=1S/C13H16N2O2/c1-8-5-4-6-11(10(8)3)15-7-9(2)12(16)14-13(15)17/h4-6,9H,7H2,1-3H3,(H,14,16,17). The number of anilines is 1. The molecule has 1 fully saturated rings. The quantitative estimate of drug-likeness (QED) is 0.805. The predicted molar refractivity (Wildman–Crippen MR) is 66.0 cm³/mol. The van der Waals surface area contributed by atoms with Gasteiger partial charge in [0.25, 0.3) is 0 Å². The second-order valence-corrected chi connectivity index (χ2v) is 4.53. The zero-order valence-electron chi connectivity index (χ0n) is 10.3. The maximum absolute atomic E-state index is 11.8. The number of amides is 3. The molecule has 0 aliphatic carbocycles. The summed E-state index contributed by atoms with van der Waals surface area (Å²) < 4.78 is 0. The lowest BCUT2D eigenvalue weighted by atomic mass is 10.0. The van der Waals surface area contributed by atoms with Gasteiger partial charge in [-0.2, -0.15) is 0 Å². The summed E-state index contributed by atoms with van der Waals surface area (Å²) in [6, 6.07) is 5.51. The van der Waals surface area contributed by atoms with E-state index in [0.717, 1.165) is 16.8 Å². The molecule has 0 aromatic heterocycles. The molecule has 4 heteroatoms. The van der Waals surface area contributed by atoms with Gasteiger partial charge in [0.2, 0.25) is 5.91 Å². The summed E-state index contributed by atoms with van der Waals surface area (Å²) in [6.07, 6.45) is 0. The fourth-order valence-corrected chi connectivity index (χ4v) is 1.97. The second-order valence-electron chi connectivity index (χ2n) is 4.53. The number of benzene rings is 1. The van der Waals surface area contributed by atoms with Crippen molar-refractivity contribution in [1.82, 2.24) is 5.32 Å². The molecule has 1 heterocycles. The van der Waals surface area contributed by atoms with Gasteiger partial charge in [-0.3, -0.25) is 15.0 Å². The zero-order chi connectivity index (χ0) is 12.6. The summed E-state index contributed by atoms with van der Waals surface area (Å²) in [7, 11) is 0. The molecule has 1 aliphatic heterocycles. The molecule has 1 atom stereocenters. The number of carbonyl (C=O) groups excluding carboxylic acids is 2. The summed E-state index contributed by atoms with van der Waals surface area (Å²) in [5.74, 6) is -0.371. The number of nitrogens with one attached hydrogen (secondary N) is 1. The lowest BCUT2D eigenvalue weighted by Crippen LogP contribution is -2.54. The minimum Gasteiger partial charge on any atom is -0.293 e. The van der Waals surface area contributed by atoms with Gasteiger partial charge in [0.15, 0.2) is 0 Å². The second kappa shape index (κ2) is 4.20. The molecular formula is C13H16N2O2. The fourth-order valence-electron chi connectivity index (χ4n) is 1.97. The van der Waals surface area contributed by atoms with E-state index in [2.05, 4.69) is 5.32 Å². The van der Waals surface area contributed by atoms with Crippen LogP contribution >= 0.6 is 0 Å². The minimum atomic E-state index is -0.332. The highest BCUT2D eigenvalue weighted by Crippen LogP contribution is 2.25. The molecule has 0 radical (unpaired) electrons. The highest BCUT2D eigenvalue weighted by atomic mass is 16.2. The van der Waals surface area contributed by atoms with Gasteiger partial charge in [-0.05, 0) is 31.0 Å². The van der Waals surface area contributed by atoms with Crippen molar-refractivity contribution in [3.05, 3.63) is 29.3 Å². The van der Waals surface area contributed by atoms with E-state index < -0.39 is 0 Å². The molecule has 0 bridgehead atoms. The van der Waals surface area contributed by atoms with Crippen molar-refractivity contribution in [3.8, 4) is 0 Å². The van der Waals surface area contributed by atoms with E-state index in [9.17, 15) is 9.59 Å². The monoisotopic (exact) mass is 232 g/mol. The number of nitrogens with zero attached hydrogens (tertiary/aromatic N) is 1. The van der Waals surface area contributed by atoms with Crippen molar-refractivity contribution in [2.24, 2.45) is 5.92 Å². The van der Waals surface area contributed by atoms with Crippen LogP contribution in [-0.4, -0.2) is 18.5 Å². The fraction of sp³-hybridized carbons (Fsp3) is 0.385. The number of urea groups is 1. The smallest absolute Gasteiger partial charge is 0.293 e. The summed E-state index contributed by atoms with van der Waals surface area (Å²) >= 11 is 0. The van der Waals surface area contributed by atoms with E-state index in [1.807, 2.05) is 39.0 Å². The van der Waals surface area contributed by atoms with Crippen molar-refractivity contribution < 1.29 is 9.59 Å². The largest absolute Gasteiger partial charge is 0.328 e. The van der Waals surface area contributed by atoms with Crippen LogP contribution in [0.2, 0.25) is 0 Å². The Labute approximate surface area is 101 Å². The van der Waals surface area contributed by atoms with Crippen molar-refractivity contribution in [2.45, 2.75) is 20.8 Å². The molecule has 90 valence electrons. The van der Waals surface area contributed by atoms with Crippen LogP contribution in [0.5, 0.6) is 0 Å². The summed E-state index contributed by atoms with van der Waals surface area (Å²) in [4.78, 5) is 24.8. The van der Waals surface area contributed by atoms with Crippen molar-refractivity contribution >= 4 is 17.6 Å². The predicted octanol–water partition coefficient (Wildman–Crippen LogP) is 2.00. The first-order valence-electron chi connectivity index (χ1n) is 5.69. The van der Waals surface area contributed by atoms with Crippen LogP contribution in [0, 0.1) is 19.8 Å². The van der Waals surface area contributed by atoms with Gasteiger partial charge in [-0.1, -0.05) is 19.1 Å². The highest BCUT2D eigenvalue weighted by Gasteiger charge is 2.30. The van der Waals surface area contributed by atoms with Crippen molar-refractivity contribution in [2.75, 3.05) is 11.4 Å². The Morgan fingerprint density at radius 2 is 2.00 bits per heavy atom. The molecular weight excluding hydrogens is 216 g/mol. The molecule has 1 saturated heterocycles. The first kappa shape index (κ1) is 11.6. The SMILES string of the molecule is Cc1cccc(N2CC(C)C(=O)NC2=O)c1C. The van der Waals surface area contributed by atoms with Crippen LogP contribution in [0.4, 0.5) is 10.5 Å². The van der Waals surface area contributed by atoms with E-state index in [0.29, 0.717) is 6.54 Å². The Morgan fingerprint density at radius 1 is 1.29 bits per heavy atom. The molecule has 1 aliphatic rings. The minimum absolute atomic E-state index is 0.174. The normalized spacial score (nSPS) is 20.4. The summed E-state index contributed by atoms with van der Waals surface area (Å²) in [5.41, 5.74) is 3.09. The molecule has 17 heavy (non-hydrogen) atoms. The summed E-state index contributed by atoms with van der Waals surface area (Å²) in [5, 5.41) is 2.37. The maximum Gasteiger partial charge on any atom is 0.328 e. The molecule has 3 amide bonds. The van der Waals surface area contributed by atoms with Gasteiger partial charge in [0, 0.05) is 12.2 Å². The van der Waals surface area contributed by atoms with Crippen LogP contribution in [0.15, 0.2) is 18.2 Å². The van der Waals surface area contributed by atoms with Gasteiger partial charge in [0.1, 0.15) is 0 Å². The number of imide groups is 1. The molecule has 1 unspecified atom stereocenters. The zero-order valence-corrected chi connectivity index (χ0v) is 10.3. The summed E-state index contributed by atoms with van der Waals surface area (Å²) in [6.45, 7) is 6.25.